The number of carbonyl (C=O) groups excluding carboxylic acids is 2. The number of rotatable bonds is 6. The Bertz CT molecular complexity index is 315. The molecular formula is C13H24N2O3. The van der Waals surface area contributed by atoms with Crippen LogP contribution < -0.4 is 5.32 Å². The minimum atomic E-state index is -0.793. The van der Waals surface area contributed by atoms with Crippen LogP contribution in [0.15, 0.2) is 0 Å². The quantitative estimate of drug-likeness (QED) is 0.719. The van der Waals surface area contributed by atoms with Crippen LogP contribution in [0.5, 0.6) is 0 Å². The Morgan fingerprint density at radius 1 is 1.28 bits per heavy atom. The van der Waals surface area contributed by atoms with E-state index in [-0.39, 0.29) is 11.8 Å². The molecule has 2 amide bonds. The summed E-state index contributed by atoms with van der Waals surface area (Å²) in [5.74, 6) is -0.105. The largest absolute Gasteiger partial charge is 0.380 e. The predicted octanol–water partition coefficient (Wildman–Crippen LogP) is 0.929. The summed E-state index contributed by atoms with van der Waals surface area (Å²) < 4.78 is 5.41. The van der Waals surface area contributed by atoms with Crippen molar-refractivity contribution in [3.63, 3.8) is 0 Å². The standard InChI is InChI=1S/C13H24N2O3/c1-5-8-18-9-7-15-11(16)10(6-2)14-12(17)13(15,3)4/h10H,5-9H2,1-4H3,(H,14,17). The maximum Gasteiger partial charge on any atom is 0.246 e. The molecule has 18 heavy (non-hydrogen) atoms. The number of hydrogen-bond donors (Lipinski definition) is 1. The summed E-state index contributed by atoms with van der Waals surface area (Å²) in [5, 5.41) is 2.77. The van der Waals surface area contributed by atoms with Crippen LogP contribution in [0.3, 0.4) is 0 Å². The lowest BCUT2D eigenvalue weighted by Crippen LogP contribution is -2.68. The van der Waals surface area contributed by atoms with Crippen molar-refractivity contribution in [1.29, 1.82) is 0 Å². The molecule has 5 nitrogen and oxygen atoms in total. The zero-order valence-corrected chi connectivity index (χ0v) is 11.8. The van der Waals surface area contributed by atoms with Gasteiger partial charge in [-0.3, -0.25) is 9.59 Å². The molecule has 1 N–H and O–H groups in total. The highest BCUT2D eigenvalue weighted by molar-refractivity contribution is 5.99. The monoisotopic (exact) mass is 256 g/mol. The summed E-state index contributed by atoms with van der Waals surface area (Å²) in [6, 6.07) is -0.392. The molecule has 0 saturated carbocycles. The number of nitrogens with one attached hydrogen (secondary N) is 1. The van der Waals surface area contributed by atoms with Crippen LogP contribution in [0.1, 0.15) is 40.5 Å². The molecule has 1 rings (SSSR count). The summed E-state index contributed by atoms with van der Waals surface area (Å²) in [6.45, 7) is 9.11. The Hall–Kier alpha value is -1.10. The van der Waals surface area contributed by atoms with E-state index in [0.29, 0.717) is 26.2 Å². The summed E-state index contributed by atoms with van der Waals surface area (Å²) in [5.41, 5.74) is -0.793. The first-order valence-electron chi connectivity index (χ1n) is 6.65. The number of piperazine rings is 1. The number of amides is 2. The Morgan fingerprint density at radius 2 is 1.94 bits per heavy atom. The lowest BCUT2D eigenvalue weighted by molar-refractivity contribution is -0.156. The Balaban J connectivity index is 2.69. The van der Waals surface area contributed by atoms with E-state index in [1.165, 1.54) is 0 Å². The minimum absolute atomic E-state index is 0.0119. The zero-order valence-electron chi connectivity index (χ0n) is 11.8. The molecule has 0 aromatic heterocycles. The average Bonchev–Trinajstić information content (AvgIpc) is 2.33. The highest BCUT2D eigenvalue weighted by atomic mass is 16.5. The predicted molar refractivity (Wildman–Crippen MR) is 69.1 cm³/mol. The van der Waals surface area contributed by atoms with Gasteiger partial charge in [0.15, 0.2) is 0 Å². The zero-order chi connectivity index (χ0) is 13.8. The number of hydrogen-bond acceptors (Lipinski definition) is 3. The van der Waals surface area contributed by atoms with E-state index in [0.717, 1.165) is 6.42 Å². The maximum atomic E-state index is 12.2. The van der Waals surface area contributed by atoms with Gasteiger partial charge in [0.2, 0.25) is 11.8 Å². The molecule has 5 heteroatoms. The molecule has 1 fully saturated rings. The van der Waals surface area contributed by atoms with Gasteiger partial charge in [0.05, 0.1) is 6.61 Å². The number of nitrogens with zero attached hydrogens (tertiary/aromatic N) is 1. The van der Waals surface area contributed by atoms with Crippen molar-refractivity contribution in [3.05, 3.63) is 0 Å². The van der Waals surface area contributed by atoms with Gasteiger partial charge in [0.25, 0.3) is 0 Å². The molecule has 0 aliphatic carbocycles. The maximum absolute atomic E-state index is 12.2. The van der Waals surface area contributed by atoms with E-state index in [1.807, 2.05) is 13.8 Å². The number of ether oxygens (including phenoxy) is 1. The van der Waals surface area contributed by atoms with E-state index in [4.69, 9.17) is 4.74 Å². The van der Waals surface area contributed by atoms with Gasteiger partial charge < -0.3 is 15.0 Å². The molecule has 0 radical (unpaired) electrons. The highest BCUT2D eigenvalue weighted by Gasteiger charge is 2.45. The van der Waals surface area contributed by atoms with Crippen LogP contribution in [0.2, 0.25) is 0 Å². The van der Waals surface area contributed by atoms with Crippen molar-refractivity contribution in [2.24, 2.45) is 0 Å². The number of carbonyl (C=O) groups is 2. The summed E-state index contributed by atoms with van der Waals surface area (Å²) in [7, 11) is 0. The van der Waals surface area contributed by atoms with Gasteiger partial charge in [-0.1, -0.05) is 13.8 Å². The summed E-state index contributed by atoms with van der Waals surface area (Å²) in [4.78, 5) is 25.9. The summed E-state index contributed by atoms with van der Waals surface area (Å²) >= 11 is 0. The minimum Gasteiger partial charge on any atom is -0.380 e. The lowest BCUT2D eigenvalue weighted by atomic mass is 9.95. The molecule has 1 heterocycles. The molecule has 0 aromatic rings. The van der Waals surface area contributed by atoms with Gasteiger partial charge >= 0.3 is 0 Å². The molecule has 1 atom stereocenters. The van der Waals surface area contributed by atoms with Gasteiger partial charge in [-0.25, -0.2) is 0 Å². The highest BCUT2D eigenvalue weighted by Crippen LogP contribution is 2.21. The van der Waals surface area contributed by atoms with Crippen LogP contribution in [0.4, 0.5) is 0 Å². The molecule has 1 unspecified atom stereocenters. The van der Waals surface area contributed by atoms with Crippen molar-refractivity contribution in [3.8, 4) is 0 Å². The van der Waals surface area contributed by atoms with Crippen molar-refractivity contribution in [1.82, 2.24) is 10.2 Å². The molecule has 0 aromatic carbocycles. The van der Waals surface area contributed by atoms with Gasteiger partial charge in [-0.15, -0.1) is 0 Å². The SMILES string of the molecule is CCCOCCN1C(=O)C(CC)NC(=O)C1(C)C. The van der Waals surface area contributed by atoms with E-state index in [9.17, 15) is 9.59 Å². The molecule has 0 bridgehead atoms. The smallest absolute Gasteiger partial charge is 0.246 e. The van der Waals surface area contributed by atoms with Crippen molar-refractivity contribution in [2.75, 3.05) is 19.8 Å². The van der Waals surface area contributed by atoms with Crippen LogP contribution in [-0.4, -0.2) is 48.1 Å². The van der Waals surface area contributed by atoms with E-state index < -0.39 is 11.6 Å². The first-order valence-corrected chi connectivity index (χ1v) is 6.65. The first kappa shape index (κ1) is 15.0. The molecule has 1 aliphatic rings. The van der Waals surface area contributed by atoms with Crippen LogP contribution in [0.25, 0.3) is 0 Å². The van der Waals surface area contributed by atoms with Crippen molar-refractivity contribution < 1.29 is 14.3 Å². The third-order valence-corrected chi connectivity index (χ3v) is 3.32. The van der Waals surface area contributed by atoms with Crippen LogP contribution >= 0.6 is 0 Å². The molecule has 1 saturated heterocycles. The van der Waals surface area contributed by atoms with E-state index >= 15 is 0 Å². The van der Waals surface area contributed by atoms with Gasteiger partial charge in [-0.2, -0.15) is 0 Å². The second-order valence-corrected chi connectivity index (χ2v) is 5.10. The third kappa shape index (κ3) is 3.02. The Kier molecular flexibility index (Phi) is 5.14. The van der Waals surface area contributed by atoms with Crippen LogP contribution in [0, 0.1) is 0 Å². The Morgan fingerprint density at radius 3 is 2.50 bits per heavy atom. The summed E-state index contributed by atoms with van der Waals surface area (Å²) in [6.07, 6.45) is 1.57. The van der Waals surface area contributed by atoms with Crippen LogP contribution in [-0.2, 0) is 14.3 Å². The van der Waals surface area contributed by atoms with E-state index in [1.54, 1.807) is 18.7 Å². The van der Waals surface area contributed by atoms with Gasteiger partial charge in [0.1, 0.15) is 11.6 Å². The topological polar surface area (TPSA) is 58.6 Å². The first-order chi connectivity index (χ1) is 8.45. The second kappa shape index (κ2) is 6.18. The molecule has 1 aliphatic heterocycles. The Labute approximate surface area is 109 Å². The van der Waals surface area contributed by atoms with Gasteiger partial charge in [-0.05, 0) is 26.7 Å². The fraction of sp³-hybridized carbons (Fsp3) is 0.846. The fourth-order valence-corrected chi connectivity index (χ4v) is 2.05. The van der Waals surface area contributed by atoms with E-state index in [2.05, 4.69) is 5.32 Å². The molecule has 0 spiro atoms. The second-order valence-electron chi connectivity index (χ2n) is 5.10. The van der Waals surface area contributed by atoms with Crippen molar-refractivity contribution in [2.45, 2.75) is 52.1 Å². The molecule has 104 valence electrons. The normalized spacial score (nSPS) is 23.1. The van der Waals surface area contributed by atoms with Gasteiger partial charge in [0, 0.05) is 13.2 Å². The average molecular weight is 256 g/mol. The fourth-order valence-electron chi connectivity index (χ4n) is 2.05. The van der Waals surface area contributed by atoms with Crippen molar-refractivity contribution >= 4 is 11.8 Å². The third-order valence-electron chi connectivity index (χ3n) is 3.32. The lowest BCUT2D eigenvalue weighted by Gasteiger charge is -2.44. The molecular weight excluding hydrogens is 232 g/mol.